The Balaban J connectivity index is 0.00000264. The molecule has 2 rings (SSSR count). The second-order valence-electron chi connectivity index (χ2n) is 5.98. The van der Waals surface area contributed by atoms with Gasteiger partial charge in [0.2, 0.25) is 5.91 Å². The van der Waals surface area contributed by atoms with Crippen molar-refractivity contribution in [2.24, 2.45) is 5.41 Å². The molecule has 1 N–H and O–H groups in total. The Morgan fingerprint density at radius 2 is 2.00 bits per heavy atom. The van der Waals surface area contributed by atoms with Gasteiger partial charge in [-0.05, 0) is 43.6 Å². The van der Waals surface area contributed by atoms with Crippen LogP contribution in [0.15, 0.2) is 24.3 Å². The summed E-state index contributed by atoms with van der Waals surface area (Å²) in [6.45, 7) is 2.79. The van der Waals surface area contributed by atoms with Crippen molar-refractivity contribution in [2.45, 2.75) is 19.4 Å². The first kappa shape index (κ1) is 19.7. The summed E-state index contributed by atoms with van der Waals surface area (Å²) in [7, 11) is 5.18. The van der Waals surface area contributed by atoms with Crippen LogP contribution in [0.5, 0.6) is 5.75 Å². The number of ether oxygens (including phenoxy) is 2. The minimum absolute atomic E-state index is 0. The summed E-state index contributed by atoms with van der Waals surface area (Å²) in [6, 6.07) is 7.83. The average molecular weight is 343 g/mol. The predicted octanol–water partition coefficient (Wildman–Crippen LogP) is 2.09. The molecule has 23 heavy (non-hydrogen) atoms. The van der Waals surface area contributed by atoms with E-state index in [4.69, 9.17) is 9.47 Å². The third-order valence-electron chi connectivity index (χ3n) is 4.34. The van der Waals surface area contributed by atoms with Gasteiger partial charge < -0.3 is 19.7 Å². The maximum Gasteiger partial charge on any atom is 0.231 e. The van der Waals surface area contributed by atoms with Crippen molar-refractivity contribution in [3.8, 4) is 5.75 Å². The topological polar surface area (TPSA) is 50.8 Å². The normalized spacial score (nSPS) is 16.3. The fraction of sp³-hybridized carbons (Fsp3) is 0.588. The van der Waals surface area contributed by atoms with Crippen LogP contribution in [0.1, 0.15) is 18.4 Å². The zero-order valence-electron chi connectivity index (χ0n) is 14.1. The van der Waals surface area contributed by atoms with Crippen LogP contribution in [0, 0.1) is 5.41 Å². The first-order valence-electron chi connectivity index (χ1n) is 7.69. The van der Waals surface area contributed by atoms with Gasteiger partial charge in [-0.25, -0.2) is 0 Å². The lowest BCUT2D eigenvalue weighted by Crippen LogP contribution is -2.50. The molecule has 1 heterocycles. The number of rotatable bonds is 6. The number of benzene rings is 1. The quantitative estimate of drug-likeness (QED) is 0.860. The molecule has 1 aliphatic heterocycles. The van der Waals surface area contributed by atoms with E-state index < -0.39 is 5.41 Å². The van der Waals surface area contributed by atoms with Crippen molar-refractivity contribution in [2.75, 3.05) is 41.0 Å². The van der Waals surface area contributed by atoms with Crippen LogP contribution in [0.3, 0.4) is 0 Å². The SMILES string of the molecule is COCC1(C(=O)N(C)Cc2cccc(OC)c2)CCNCC1.Cl. The Morgan fingerprint density at radius 3 is 2.61 bits per heavy atom. The minimum Gasteiger partial charge on any atom is -0.497 e. The molecule has 0 aliphatic carbocycles. The van der Waals surface area contributed by atoms with Crippen molar-refractivity contribution < 1.29 is 14.3 Å². The number of piperidine rings is 1. The third-order valence-corrected chi connectivity index (χ3v) is 4.34. The molecule has 130 valence electrons. The zero-order chi connectivity index (χ0) is 16.0. The summed E-state index contributed by atoms with van der Waals surface area (Å²) in [5.74, 6) is 0.977. The molecule has 0 atom stereocenters. The van der Waals surface area contributed by atoms with Gasteiger partial charge in [0.15, 0.2) is 0 Å². The number of amides is 1. The molecule has 1 aromatic rings. The number of hydrogen-bond acceptors (Lipinski definition) is 4. The Hall–Kier alpha value is -1.30. The molecule has 0 radical (unpaired) electrons. The first-order valence-corrected chi connectivity index (χ1v) is 7.69. The highest BCUT2D eigenvalue weighted by molar-refractivity contribution is 5.85. The highest BCUT2D eigenvalue weighted by atomic mass is 35.5. The fourth-order valence-corrected chi connectivity index (χ4v) is 3.12. The van der Waals surface area contributed by atoms with E-state index in [1.165, 1.54) is 0 Å². The van der Waals surface area contributed by atoms with Crippen molar-refractivity contribution in [1.29, 1.82) is 0 Å². The molecule has 1 saturated heterocycles. The molecule has 5 nitrogen and oxygen atoms in total. The van der Waals surface area contributed by atoms with E-state index in [2.05, 4.69) is 5.32 Å². The van der Waals surface area contributed by atoms with Gasteiger partial charge in [-0.3, -0.25) is 4.79 Å². The lowest BCUT2D eigenvalue weighted by molar-refractivity contribution is -0.146. The number of hydrogen-bond donors (Lipinski definition) is 1. The Bertz CT molecular complexity index is 499. The largest absolute Gasteiger partial charge is 0.497 e. The molecule has 1 aromatic carbocycles. The van der Waals surface area contributed by atoms with Crippen LogP contribution in [0.25, 0.3) is 0 Å². The second-order valence-corrected chi connectivity index (χ2v) is 5.98. The maximum atomic E-state index is 13.0. The zero-order valence-corrected chi connectivity index (χ0v) is 14.9. The van der Waals surface area contributed by atoms with Gasteiger partial charge in [0.1, 0.15) is 5.75 Å². The summed E-state index contributed by atoms with van der Waals surface area (Å²) < 4.78 is 10.6. The highest BCUT2D eigenvalue weighted by Gasteiger charge is 2.41. The third kappa shape index (κ3) is 4.83. The Labute approximate surface area is 144 Å². The van der Waals surface area contributed by atoms with E-state index in [1.54, 1.807) is 19.1 Å². The summed E-state index contributed by atoms with van der Waals surface area (Å²) in [4.78, 5) is 14.8. The van der Waals surface area contributed by atoms with Crippen molar-refractivity contribution in [3.05, 3.63) is 29.8 Å². The number of methoxy groups -OCH3 is 2. The first-order chi connectivity index (χ1) is 10.6. The van der Waals surface area contributed by atoms with Crippen molar-refractivity contribution in [1.82, 2.24) is 10.2 Å². The van der Waals surface area contributed by atoms with E-state index in [0.29, 0.717) is 13.2 Å². The molecule has 0 unspecified atom stereocenters. The average Bonchev–Trinajstić information content (AvgIpc) is 2.55. The van der Waals surface area contributed by atoms with Gasteiger partial charge in [-0.1, -0.05) is 12.1 Å². The monoisotopic (exact) mass is 342 g/mol. The van der Waals surface area contributed by atoms with E-state index >= 15 is 0 Å². The summed E-state index contributed by atoms with van der Waals surface area (Å²) in [5, 5.41) is 3.31. The number of halogens is 1. The van der Waals surface area contributed by atoms with Crippen LogP contribution in [-0.4, -0.2) is 51.8 Å². The lowest BCUT2D eigenvalue weighted by atomic mass is 9.78. The minimum atomic E-state index is -0.395. The Kier molecular flexibility index (Phi) is 7.82. The highest BCUT2D eigenvalue weighted by Crippen LogP contribution is 2.31. The molecule has 1 aliphatic rings. The van der Waals surface area contributed by atoms with Crippen LogP contribution >= 0.6 is 12.4 Å². The molecular formula is C17H27ClN2O3. The number of nitrogens with zero attached hydrogens (tertiary/aromatic N) is 1. The molecule has 6 heteroatoms. The van der Waals surface area contributed by atoms with Crippen LogP contribution in [-0.2, 0) is 16.1 Å². The van der Waals surface area contributed by atoms with Gasteiger partial charge >= 0.3 is 0 Å². The van der Waals surface area contributed by atoms with Gasteiger partial charge in [0.05, 0.1) is 19.1 Å². The van der Waals surface area contributed by atoms with Gasteiger partial charge in [-0.2, -0.15) is 0 Å². The van der Waals surface area contributed by atoms with Gasteiger partial charge in [-0.15, -0.1) is 12.4 Å². The summed E-state index contributed by atoms with van der Waals surface area (Å²) >= 11 is 0. The van der Waals surface area contributed by atoms with Crippen LogP contribution < -0.4 is 10.1 Å². The number of carbonyl (C=O) groups is 1. The molecule has 1 fully saturated rings. The van der Waals surface area contributed by atoms with E-state index in [1.807, 2.05) is 31.3 Å². The van der Waals surface area contributed by atoms with Crippen molar-refractivity contribution in [3.63, 3.8) is 0 Å². The summed E-state index contributed by atoms with van der Waals surface area (Å²) in [6.07, 6.45) is 1.64. The lowest BCUT2D eigenvalue weighted by Gasteiger charge is -2.38. The molecule has 0 bridgehead atoms. The molecule has 1 amide bonds. The number of nitrogens with one attached hydrogen (secondary N) is 1. The van der Waals surface area contributed by atoms with E-state index in [0.717, 1.165) is 37.2 Å². The number of carbonyl (C=O) groups excluding carboxylic acids is 1. The molecule has 0 spiro atoms. The van der Waals surface area contributed by atoms with Crippen molar-refractivity contribution >= 4 is 18.3 Å². The van der Waals surface area contributed by atoms with Crippen LogP contribution in [0.4, 0.5) is 0 Å². The molecule has 0 saturated carbocycles. The second kappa shape index (κ2) is 9.11. The summed E-state index contributed by atoms with van der Waals surface area (Å²) in [5.41, 5.74) is 0.671. The van der Waals surface area contributed by atoms with Crippen LogP contribution in [0.2, 0.25) is 0 Å². The Morgan fingerprint density at radius 1 is 1.30 bits per heavy atom. The smallest absolute Gasteiger partial charge is 0.231 e. The van der Waals surface area contributed by atoms with Gasteiger partial charge in [0, 0.05) is 20.7 Å². The maximum absolute atomic E-state index is 13.0. The van der Waals surface area contributed by atoms with Gasteiger partial charge in [0.25, 0.3) is 0 Å². The standard InChI is InChI=1S/C17H26N2O3.ClH/c1-19(12-14-5-4-6-15(11-14)22-3)16(20)17(13-21-2)7-9-18-10-8-17;/h4-6,11,18H,7-10,12-13H2,1-3H3;1H. The molecule has 0 aromatic heterocycles. The van der Waals surface area contributed by atoms with E-state index in [-0.39, 0.29) is 18.3 Å². The predicted molar refractivity (Wildman–Crippen MR) is 93.1 cm³/mol. The molecular weight excluding hydrogens is 316 g/mol. The fourth-order valence-electron chi connectivity index (χ4n) is 3.12. The van der Waals surface area contributed by atoms with E-state index in [9.17, 15) is 4.79 Å².